The Morgan fingerprint density at radius 2 is 1.83 bits per heavy atom. The number of carbonyl (C=O) groups is 1. The van der Waals surface area contributed by atoms with Crippen LogP contribution < -0.4 is 4.74 Å². The van der Waals surface area contributed by atoms with Gasteiger partial charge in [0.05, 0.1) is 11.5 Å². The molecule has 6 heteroatoms. The van der Waals surface area contributed by atoms with E-state index in [1.54, 1.807) is 13.8 Å². The van der Waals surface area contributed by atoms with Crippen molar-refractivity contribution in [2.24, 2.45) is 0 Å². The van der Waals surface area contributed by atoms with Crippen molar-refractivity contribution >= 4 is 15.8 Å². The van der Waals surface area contributed by atoms with Gasteiger partial charge in [-0.1, -0.05) is 0 Å². The fraction of sp³-hybridized carbons (Fsp3) is 0.417. The molecule has 0 bridgehead atoms. The molecule has 0 aliphatic heterocycles. The van der Waals surface area contributed by atoms with Crippen molar-refractivity contribution in [1.82, 2.24) is 0 Å². The summed E-state index contributed by atoms with van der Waals surface area (Å²) in [5.74, 6) is -0.0346. The summed E-state index contributed by atoms with van der Waals surface area (Å²) in [7, 11) is -3.22. The molecule has 0 radical (unpaired) electrons. The Balaban J connectivity index is 2.73. The van der Waals surface area contributed by atoms with Gasteiger partial charge in [0.1, 0.15) is 5.75 Å². The number of esters is 1. The van der Waals surface area contributed by atoms with Gasteiger partial charge in [0.15, 0.2) is 15.9 Å². The Bertz CT molecular complexity index is 504. The zero-order chi connectivity index (χ0) is 13.8. The van der Waals surface area contributed by atoms with Crippen LogP contribution in [0.1, 0.15) is 13.8 Å². The molecule has 0 aliphatic rings. The molecule has 0 aliphatic carbocycles. The van der Waals surface area contributed by atoms with Crippen LogP contribution in [0.3, 0.4) is 0 Å². The summed E-state index contributed by atoms with van der Waals surface area (Å²) < 4.78 is 32.6. The third-order valence-corrected chi connectivity index (χ3v) is 3.31. The first-order valence-electron chi connectivity index (χ1n) is 5.48. The van der Waals surface area contributed by atoms with E-state index in [1.807, 2.05) is 0 Å². The summed E-state index contributed by atoms with van der Waals surface area (Å²) in [6.07, 6.45) is 0.401. The molecule has 100 valence electrons. The van der Waals surface area contributed by atoms with Crippen molar-refractivity contribution in [3.8, 4) is 5.75 Å². The summed E-state index contributed by atoms with van der Waals surface area (Å²) in [4.78, 5) is 11.5. The summed E-state index contributed by atoms with van der Waals surface area (Å²) in [5, 5.41) is 0. The predicted octanol–water partition coefficient (Wildman–Crippen LogP) is 1.42. The van der Waals surface area contributed by atoms with Crippen LogP contribution in [0.25, 0.3) is 0 Å². The summed E-state index contributed by atoms with van der Waals surface area (Å²) in [5.41, 5.74) is 0. The summed E-state index contributed by atoms with van der Waals surface area (Å²) >= 11 is 0. The van der Waals surface area contributed by atoms with E-state index in [2.05, 4.69) is 0 Å². The number of hydrogen-bond acceptors (Lipinski definition) is 5. The van der Waals surface area contributed by atoms with E-state index < -0.39 is 21.9 Å². The van der Waals surface area contributed by atoms with E-state index in [9.17, 15) is 13.2 Å². The van der Waals surface area contributed by atoms with Crippen LogP contribution in [-0.4, -0.2) is 33.4 Å². The third kappa shape index (κ3) is 4.03. The number of carbonyl (C=O) groups excluding carboxylic acids is 1. The van der Waals surface area contributed by atoms with Crippen LogP contribution in [0.15, 0.2) is 29.2 Å². The van der Waals surface area contributed by atoms with Crippen molar-refractivity contribution in [3.63, 3.8) is 0 Å². The lowest BCUT2D eigenvalue weighted by Gasteiger charge is -2.13. The molecule has 0 saturated heterocycles. The van der Waals surface area contributed by atoms with Crippen molar-refractivity contribution in [1.29, 1.82) is 0 Å². The fourth-order valence-corrected chi connectivity index (χ4v) is 1.91. The van der Waals surface area contributed by atoms with Gasteiger partial charge in [0, 0.05) is 6.26 Å². The molecular formula is C12H16O5S. The number of hydrogen-bond donors (Lipinski definition) is 0. The zero-order valence-electron chi connectivity index (χ0n) is 10.5. The number of benzene rings is 1. The van der Waals surface area contributed by atoms with E-state index in [0.717, 1.165) is 6.26 Å². The maximum absolute atomic E-state index is 11.3. The summed E-state index contributed by atoms with van der Waals surface area (Å²) in [6, 6.07) is 5.88. The highest BCUT2D eigenvalue weighted by atomic mass is 32.2. The first-order chi connectivity index (χ1) is 8.34. The Morgan fingerprint density at radius 3 is 2.28 bits per heavy atom. The second kappa shape index (κ2) is 5.86. The highest BCUT2D eigenvalue weighted by Crippen LogP contribution is 2.17. The van der Waals surface area contributed by atoms with Crippen molar-refractivity contribution in [2.45, 2.75) is 24.8 Å². The van der Waals surface area contributed by atoms with Gasteiger partial charge in [0.25, 0.3) is 0 Å². The molecule has 1 atom stereocenters. The highest BCUT2D eigenvalue weighted by Gasteiger charge is 2.16. The van der Waals surface area contributed by atoms with Gasteiger partial charge < -0.3 is 9.47 Å². The molecule has 0 spiro atoms. The predicted molar refractivity (Wildman–Crippen MR) is 66.3 cm³/mol. The van der Waals surface area contributed by atoms with Crippen LogP contribution in [-0.2, 0) is 19.4 Å². The lowest BCUT2D eigenvalue weighted by molar-refractivity contribution is -0.150. The highest BCUT2D eigenvalue weighted by molar-refractivity contribution is 7.90. The Kier molecular flexibility index (Phi) is 4.72. The van der Waals surface area contributed by atoms with Gasteiger partial charge in [0.2, 0.25) is 0 Å². The number of sulfone groups is 1. The minimum absolute atomic E-state index is 0.207. The largest absolute Gasteiger partial charge is 0.479 e. The van der Waals surface area contributed by atoms with Gasteiger partial charge in [-0.3, -0.25) is 0 Å². The van der Waals surface area contributed by atoms with Crippen LogP contribution >= 0.6 is 0 Å². The molecule has 0 amide bonds. The normalized spacial score (nSPS) is 12.8. The van der Waals surface area contributed by atoms with Gasteiger partial charge in [-0.2, -0.15) is 0 Å². The minimum Gasteiger partial charge on any atom is -0.479 e. The van der Waals surface area contributed by atoms with Gasteiger partial charge >= 0.3 is 5.97 Å². The van der Waals surface area contributed by atoms with E-state index in [1.165, 1.54) is 24.3 Å². The molecule has 1 aromatic carbocycles. The van der Waals surface area contributed by atoms with Crippen LogP contribution in [0.5, 0.6) is 5.75 Å². The second-order valence-electron chi connectivity index (χ2n) is 3.76. The molecular weight excluding hydrogens is 256 g/mol. The Hall–Kier alpha value is -1.56. The third-order valence-electron chi connectivity index (χ3n) is 2.18. The van der Waals surface area contributed by atoms with Gasteiger partial charge in [-0.25, -0.2) is 13.2 Å². The Morgan fingerprint density at radius 1 is 1.28 bits per heavy atom. The van der Waals surface area contributed by atoms with Crippen molar-refractivity contribution in [3.05, 3.63) is 24.3 Å². The average molecular weight is 272 g/mol. The minimum atomic E-state index is -3.22. The Labute approximate surface area is 107 Å². The van der Waals surface area contributed by atoms with E-state index in [4.69, 9.17) is 9.47 Å². The number of rotatable bonds is 5. The number of ether oxygens (including phenoxy) is 2. The quantitative estimate of drug-likeness (QED) is 0.758. The topological polar surface area (TPSA) is 69.7 Å². The molecule has 0 saturated carbocycles. The van der Waals surface area contributed by atoms with Crippen LogP contribution in [0.2, 0.25) is 0 Å². The maximum atomic E-state index is 11.3. The smallest absolute Gasteiger partial charge is 0.347 e. The maximum Gasteiger partial charge on any atom is 0.347 e. The molecule has 1 rings (SSSR count). The fourth-order valence-electron chi connectivity index (χ4n) is 1.28. The molecule has 0 unspecified atom stereocenters. The van der Waals surface area contributed by atoms with E-state index >= 15 is 0 Å². The molecule has 5 nitrogen and oxygen atoms in total. The molecule has 0 N–H and O–H groups in total. The van der Waals surface area contributed by atoms with Crippen molar-refractivity contribution < 1.29 is 22.7 Å². The van der Waals surface area contributed by atoms with E-state index in [0.29, 0.717) is 12.4 Å². The lowest BCUT2D eigenvalue weighted by Crippen LogP contribution is -2.26. The van der Waals surface area contributed by atoms with E-state index in [-0.39, 0.29) is 4.90 Å². The second-order valence-corrected chi connectivity index (χ2v) is 5.77. The first kappa shape index (κ1) is 14.5. The SMILES string of the molecule is CCOC(=O)[C@@H](C)Oc1ccc(S(C)(=O)=O)cc1. The first-order valence-corrected chi connectivity index (χ1v) is 7.37. The monoisotopic (exact) mass is 272 g/mol. The molecule has 1 aromatic rings. The molecule has 0 fully saturated rings. The van der Waals surface area contributed by atoms with Crippen molar-refractivity contribution in [2.75, 3.05) is 12.9 Å². The lowest BCUT2D eigenvalue weighted by atomic mass is 10.3. The molecule has 0 aromatic heterocycles. The van der Waals surface area contributed by atoms with Gasteiger partial charge in [-0.15, -0.1) is 0 Å². The van der Waals surface area contributed by atoms with Crippen LogP contribution in [0, 0.1) is 0 Å². The summed E-state index contributed by atoms with van der Waals surface area (Å²) in [6.45, 7) is 3.58. The average Bonchev–Trinajstić information content (AvgIpc) is 2.28. The zero-order valence-corrected chi connectivity index (χ0v) is 11.4. The standard InChI is InChI=1S/C12H16O5S/c1-4-16-12(13)9(2)17-10-5-7-11(8-6-10)18(3,14)15/h5-9H,4H2,1-3H3/t9-/m1/s1. The molecule has 0 heterocycles. The molecule has 18 heavy (non-hydrogen) atoms. The van der Waals surface area contributed by atoms with Crippen LogP contribution in [0.4, 0.5) is 0 Å². The van der Waals surface area contributed by atoms with Gasteiger partial charge in [-0.05, 0) is 38.1 Å².